The molecule has 6 heteroatoms. The Morgan fingerprint density at radius 3 is 2.49 bits per heavy atom. The molecule has 1 atom stereocenters. The number of carboxylic acid groups (broad SMARTS) is 1. The predicted molar refractivity (Wildman–Crippen MR) is 132 cm³/mol. The molecule has 3 aromatic rings. The SMILES string of the molecule is C[C@]1(Cc2ccccc2)Cc2cc(CCC(=O)N(CCc3ccccc3F)CC(=O)O)ccc2O1. The molecule has 1 aliphatic heterocycles. The molecular weight excluding hydrogens is 445 g/mol. The first-order chi connectivity index (χ1) is 16.8. The summed E-state index contributed by atoms with van der Waals surface area (Å²) in [5.74, 6) is -0.820. The molecule has 0 fully saturated rings. The summed E-state index contributed by atoms with van der Waals surface area (Å²) in [7, 11) is 0. The van der Waals surface area contributed by atoms with E-state index in [2.05, 4.69) is 25.1 Å². The lowest BCUT2D eigenvalue weighted by Gasteiger charge is -2.24. The minimum Gasteiger partial charge on any atom is -0.487 e. The van der Waals surface area contributed by atoms with Gasteiger partial charge in [-0.2, -0.15) is 0 Å². The van der Waals surface area contributed by atoms with Gasteiger partial charge in [0.05, 0.1) is 0 Å². The fourth-order valence-electron chi connectivity index (χ4n) is 4.68. The Balaban J connectivity index is 1.36. The van der Waals surface area contributed by atoms with E-state index in [0.717, 1.165) is 29.7 Å². The summed E-state index contributed by atoms with van der Waals surface area (Å²) in [6.45, 7) is 1.87. The summed E-state index contributed by atoms with van der Waals surface area (Å²) in [4.78, 5) is 25.4. The largest absolute Gasteiger partial charge is 0.487 e. The first kappa shape index (κ1) is 24.5. The topological polar surface area (TPSA) is 66.8 Å². The average Bonchev–Trinajstić information content (AvgIpc) is 3.16. The van der Waals surface area contributed by atoms with Crippen LogP contribution in [0.2, 0.25) is 0 Å². The van der Waals surface area contributed by atoms with Crippen molar-refractivity contribution in [2.45, 2.75) is 44.6 Å². The molecule has 5 nitrogen and oxygen atoms in total. The summed E-state index contributed by atoms with van der Waals surface area (Å²) in [5.41, 5.74) is 3.50. The number of amides is 1. The second-order valence-corrected chi connectivity index (χ2v) is 9.38. The van der Waals surface area contributed by atoms with Gasteiger partial charge in [0, 0.05) is 25.8 Å². The van der Waals surface area contributed by atoms with E-state index in [-0.39, 0.29) is 36.7 Å². The third-order valence-electron chi connectivity index (χ3n) is 6.38. The van der Waals surface area contributed by atoms with E-state index >= 15 is 0 Å². The molecule has 0 spiro atoms. The Morgan fingerprint density at radius 1 is 1.00 bits per heavy atom. The second-order valence-electron chi connectivity index (χ2n) is 9.38. The van der Waals surface area contributed by atoms with Crippen LogP contribution in [-0.2, 0) is 35.3 Å². The van der Waals surface area contributed by atoms with E-state index in [0.29, 0.717) is 12.0 Å². The number of hydrogen-bond acceptors (Lipinski definition) is 3. The molecule has 3 aromatic carbocycles. The van der Waals surface area contributed by atoms with Gasteiger partial charge in [0.1, 0.15) is 23.7 Å². The molecule has 4 rings (SSSR count). The first-order valence-electron chi connectivity index (χ1n) is 11.9. The van der Waals surface area contributed by atoms with Crippen LogP contribution < -0.4 is 4.74 Å². The normalized spacial score (nSPS) is 16.4. The van der Waals surface area contributed by atoms with Crippen molar-refractivity contribution in [3.63, 3.8) is 0 Å². The number of ether oxygens (including phenoxy) is 1. The maximum absolute atomic E-state index is 13.9. The molecule has 0 saturated carbocycles. The predicted octanol–water partition coefficient (Wildman–Crippen LogP) is 4.85. The van der Waals surface area contributed by atoms with E-state index in [9.17, 15) is 19.1 Å². The first-order valence-corrected chi connectivity index (χ1v) is 11.9. The summed E-state index contributed by atoms with van der Waals surface area (Å²) < 4.78 is 20.2. The highest BCUT2D eigenvalue weighted by molar-refractivity contribution is 5.81. The molecule has 1 heterocycles. The van der Waals surface area contributed by atoms with Crippen LogP contribution in [0.4, 0.5) is 4.39 Å². The second kappa shape index (κ2) is 10.7. The zero-order chi connectivity index (χ0) is 24.8. The van der Waals surface area contributed by atoms with Crippen LogP contribution >= 0.6 is 0 Å². The molecule has 0 radical (unpaired) electrons. The molecule has 1 N–H and O–H groups in total. The van der Waals surface area contributed by atoms with Crippen molar-refractivity contribution >= 4 is 11.9 Å². The number of nitrogens with zero attached hydrogens (tertiary/aromatic N) is 1. The number of hydrogen-bond donors (Lipinski definition) is 1. The third kappa shape index (κ3) is 6.47. The van der Waals surface area contributed by atoms with E-state index in [4.69, 9.17) is 4.74 Å². The number of fused-ring (bicyclic) bond motifs is 1. The smallest absolute Gasteiger partial charge is 0.323 e. The lowest BCUT2D eigenvalue weighted by Crippen LogP contribution is -2.37. The van der Waals surface area contributed by atoms with Crippen LogP contribution in [0.5, 0.6) is 5.75 Å². The van der Waals surface area contributed by atoms with Gasteiger partial charge in [0.15, 0.2) is 0 Å². The number of benzene rings is 3. The molecule has 0 bridgehead atoms. The molecule has 0 aromatic heterocycles. The minimum absolute atomic E-state index is 0.155. The quantitative estimate of drug-likeness (QED) is 0.455. The number of carbonyl (C=O) groups excluding carboxylic acids is 1. The lowest BCUT2D eigenvalue weighted by molar-refractivity contribution is -0.144. The lowest BCUT2D eigenvalue weighted by atomic mass is 9.91. The maximum atomic E-state index is 13.9. The van der Waals surface area contributed by atoms with Gasteiger partial charge in [0.2, 0.25) is 5.91 Å². The van der Waals surface area contributed by atoms with Gasteiger partial charge in [-0.1, -0.05) is 60.7 Å². The van der Waals surface area contributed by atoms with Crippen molar-refractivity contribution in [3.8, 4) is 5.75 Å². The average molecular weight is 476 g/mol. The summed E-state index contributed by atoms with van der Waals surface area (Å²) >= 11 is 0. The summed E-state index contributed by atoms with van der Waals surface area (Å²) in [6, 6.07) is 22.6. The van der Waals surface area contributed by atoms with Gasteiger partial charge < -0.3 is 14.7 Å². The van der Waals surface area contributed by atoms with Crippen LogP contribution in [0, 0.1) is 5.82 Å². The number of rotatable bonds is 10. The van der Waals surface area contributed by atoms with Gasteiger partial charge in [-0.15, -0.1) is 0 Å². The minimum atomic E-state index is -1.08. The van der Waals surface area contributed by atoms with Gasteiger partial charge in [-0.05, 0) is 54.2 Å². The standard InChI is InChI=1S/C29H30FNO4/c1-29(18-22-7-3-2-4-8-22)19-24-17-21(11-13-26(24)35-29)12-14-27(32)31(20-28(33)34)16-15-23-9-5-6-10-25(23)30/h2-11,13,17H,12,14-16,18-20H2,1H3,(H,33,34)/t29-/m0/s1. The highest BCUT2D eigenvalue weighted by Gasteiger charge is 2.35. The molecule has 0 unspecified atom stereocenters. The summed E-state index contributed by atoms with van der Waals surface area (Å²) in [5, 5.41) is 9.25. The van der Waals surface area contributed by atoms with Gasteiger partial charge in [-0.3, -0.25) is 9.59 Å². The fraction of sp³-hybridized carbons (Fsp3) is 0.310. The highest BCUT2D eigenvalue weighted by Crippen LogP contribution is 2.37. The fourth-order valence-corrected chi connectivity index (χ4v) is 4.68. The van der Waals surface area contributed by atoms with E-state index < -0.39 is 12.5 Å². The number of carboxylic acids is 1. The third-order valence-corrected chi connectivity index (χ3v) is 6.38. The Bertz CT molecular complexity index is 1200. The van der Waals surface area contributed by atoms with Gasteiger partial charge in [-0.25, -0.2) is 4.39 Å². The van der Waals surface area contributed by atoms with Crippen LogP contribution in [-0.4, -0.2) is 40.6 Å². The van der Waals surface area contributed by atoms with Crippen molar-refractivity contribution in [2.75, 3.05) is 13.1 Å². The van der Waals surface area contributed by atoms with Crippen molar-refractivity contribution in [1.29, 1.82) is 0 Å². The van der Waals surface area contributed by atoms with Gasteiger partial charge >= 0.3 is 5.97 Å². The van der Waals surface area contributed by atoms with Crippen LogP contribution in [0.25, 0.3) is 0 Å². The Morgan fingerprint density at radius 2 is 1.74 bits per heavy atom. The van der Waals surface area contributed by atoms with Crippen molar-refractivity contribution in [2.24, 2.45) is 0 Å². The Hall–Kier alpha value is -3.67. The van der Waals surface area contributed by atoms with E-state index in [1.807, 2.05) is 30.3 Å². The number of aliphatic carboxylic acids is 1. The molecule has 182 valence electrons. The van der Waals surface area contributed by atoms with E-state index in [1.165, 1.54) is 16.5 Å². The molecule has 0 saturated heterocycles. The maximum Gasteiger partial charge on any atom is 0.323 e. The molecule has 1 amide bonds. The van der Waals surface area contributed by atoms with Crippen molar-refractivity contribution in [1.82, 2.24) is 4.90 Å². The summed E-state index contributed by atoms with van der Waals surface area (Å²) in [6.07, 6.45) is 2.54. The van der Waals surface area contributed by atoms with Crippen LogP contribution in [0.1, 0.15) is 35.6 Å². The Kier molecular flexibility index (Phi) is 7.49. The van der Waals surface area contributed by atoms with Gasteiger partial charge in [0.25, 0.3) is 0 Å². The zero-order valence-corrected chi connectivity index (χ0v) is 19.9. The molecular formula is C29H30FNO4. The van der Waals surface area contributed by atoms with Crippen molar-refractivity contribution < 1.29 is 23.8 Å². The number of carbonyl (C=O) groups is 2. The number of aryl methyl sites for hydroxylation is 1. The van der Waals surface area contributed by atoms with Crippen LogP contribution in [0.3, 0.4) is 0 Å². The Labute approximate surface area is 205 Å². The van der Waals surface area contributed by atoms with Crippen molar-refractivity contribution in [3.05, 3.63) is 101 Å². The molecule has 35 heavy (non-hydrogen) atoms. The highest BCUT2D eigenvalue weighted by atomic mass is 19.1. The monoisotopic (exact) mass is 475 g/mol. The van der Waals surface area contributed by atoms with E-state index in [1.54, 1.807) is 18.2 Å². The van der Waals surface area contributed by atoms with Crippen LogP contribution in [0.15, 0.2) is 72.8 Å². The zero-order valence-electron chi connectivity index (χ0n) is 19.9. The molecule has 0 aliphatic carbocycles. The molecule has 1 aliphatic rings. The number of halogens is 1.